The number of carbonyl (C=O) groups excluding carboxylic acids is 2. The fourth-order valence-electron chi connectivity index (χ4n) is 1.26. The number of H-pyrrole nitrogens is 1. The lowest BCUT2D eigenvalue weighted by Crippen LogP contribution is -2.43. The number of hydrogen-bond acceptors (Lipinski definition) is 5. The van der Waals surface area contributed by atoms with Crippen molar-refractivity contribution < 1.29 is 9.59 Å². The van der Waals surface area contributed by atoms with E-state index < -0.39 is 5.91 Å². The predicted molar refractivity (Wildman–Crippen MR) is 59.0 cm³/mol. The highest BCUT2D eigenvalue weighted by molar-refractivity contribution is 5.93. The van der Waals surface area contributed by atoms with E-state index in [4.69, 9.17) is 0 Å². The Morgan fingerprint density at radius 3 is 2.65 bits per heavy atom. The molecule has 0 saturated heterocycles. The quantitative estimate of drug-likeness (QED) is 0.700. The Kier molecular flexibility index (Phi) is 4.56. The predicted octanol–water partition coefficient (Wildman–Crippen LogP) is -0.814. The molecule has 2 N–H and O–H groups in total. The first-order chi connectivity index (χ1) is 8.04. The molecule has 0 aromatic carbocycles. The fraction of sp³-hybridized carbons (Fsp3) is 0.667. The van der Waals surface area contributed by atoms with Crippen LogP contribution in [0.5, 0.6) is 0 Å². The average Bonchev–Trinajstić information content (AvgIpc) is 2.77. The van der Waals surface area contributed by atoms with Crippen LogP contribution >= 0.6 is 0 Å². The molecule has 94 valence electrons. The minimum absolute atomic E-state index is 0.0119. The minimum atomic E-state index is -0.417. The van der Waals surface area contributed by atoms with E-state index in [-0.39, 0.29) is 24.3 Å². The molecule has 0 saturated carbocycles. The summed E-state index contributed by atoms with van der Waals surface area (Å²) in [6.07, 6.45) is 0. The van der Waals surface area contributed by atoms with Crippen LogP contribution in [-0.2, 0) is 4.79 Å². The van der Waals surface area contributed by atoms with Crippen molar-refractivity contribution in [1.29, 1.82) is 0 Å². The van der Waals surface area contributed by atoms with Crippen LogP contribution in [0.4, 0.5) is 0 Å². The highest BCUT2D eigenvalue weighted by Crippen LogP contribution is 1.96. The summed E-state index contributed by atoms with van der Waals surface area (Å²) in [7, 11) is 0. The van der Waals surface area contributed by atoms with Gasteiger partial charge in [0.15, 0.2) is 0 Å². The summed E-state index contributed by atoms with van der Waals surface area (Å²) in [4.78, 5) is 24.7. The van der Waals surface area contributed by atoms with Gasteiger partial charge in [-0.15, -0.1) is 10.2 Å². The number of rotatable bonds is 5. The number of aromatic nitrogens is 4. The summed E-state index contributed by atoms with van der Waals surface area (Å²) in [6.45, 7) is 5.88. The van der Waals surface area contributed by atoms with Gasteiger partial charge in [-0.3, -0.25) is 9.59 Å². The van der Waals surface area contributed by atoms with E-state index in [0.29, 0.717) is 6.54 Å². The lowest BCUT2D eigenvalue weighted by Gasteiger charge is -2.19. The van der Waals surface area contributed by atoms with Crippen LogP contribution in [-0.4, -0.2) is 56.5 Å². The fourth-order valence-corrected chi connectivity index (χ4v) is 1.26. The Balaban J connectivity index is 2.60. The van der Waals surface area contributed by atoms with E-state index in [1.807, 2.05) is 13.8 Å². The Bertz CT molecular complexity index is 375. The van der Waals surface area contributed by atoms with Gasteiger partial charge in [0.05, 0.1) is 6.54 Å². The van der Waals surface area contributed by atoms with Crippen molar-refractivity contribution in [3.63, 3.8) is 0 Å². The van der Waals surface area contributed by atoms with Crippen molar-refractivity contribution in [3.8, 4) is 0 Å². The van der Waals surface area contributed by atoms with Crippen molar-refractivity contribution in [2.75, 3.05) is 13.1 Å². The lowest BCUT2D eigenvalue weighted by atomic mass is 10.3. The number of likely N-dealkylation sites (N-methyl/N-ethyl adjacent to an activating group) is 1. The first-order valence-corrected chi connectivity index (χ1v) is 5.36. The maximum absolute atomic E-state index is 11.8. The van der Waals surface area contributed by atoms with Gasteiger partial charge in [0.2, 0.25) is 5.91 Å². The molecule has 1 heterocycles. The van der Waals surface area contributed by atoms with Gasteiger partial charge in [-0.2, -0.15) is 5.21 Å². The molecule has 0 fully saturated rings. The van der Waals surface area contributed by atoms with Crippen molar-refractivity contribution in [2.45, 2.75) is 26.8 Å². The van der Waals surface area contributed by atoms with Crippen molar-refractivity contribution >= 4 is 11.8 Å². The number of tetrazole rings is 1. The summed E-state index contributed by atoms with van der Waals surface area (Å²) < 4.78 is 0. The maximum Gasteiger partial charge on any atom is 0.295 e. The lowest BCUT2D eigenvalue weighted by molar-refractivity contribution is -0.122. The van der Waals surface area contributed by atoms with Gasteiger partial charge in [-0.1, -0.05) is 0 Å². The van der Waals surface area contributed by atoms with Gasteiger partial charge < -0.3 is 10.2 Å². The Morgan fingerprint density at radius 2 is 2.18 bits per heavy atom. The minimum Gasteiger partial charge on any atom is -0.352 e. The molecular weight excluding hydrogens is 224 g/mol. The Hall–Kier alpha value is -1.99. The summed E-state index contributed by atoms with van der Waals surface area (Å²) in [6, 6.07) is 0.0430. The highest BCUT2D eigenvalue weighted by Gasteiger charge is 2.20. The number of aromatic amines is 1. The zero-order valence-electron chi connectivity index (χ0n) is 10.1. The van der Waals surface area contributed by atoms with E-state index in [2.05, 4.69) is 25.9 Å². The number of hydrogen-bond donors (Lipinski definition) is 2. The van der Waals surface area contributed by atoms with Gasteiger partial charge >= 0.3 is 0 Å². The third-order valence-electron chi connectivity index (χ3n) is 1.99. The second-order valence-electron chi connectivity index (χ2n) is 3.78. The van der Waals surface area contributed by atoms with Crippen LogP contribution in [0.25, 0.3) is 0 Å². The molecule has 0 aliphatic heterocycles. The molecule has 0 spiro atoms. The molecule has 0 unspecified atom stereocenters. The smallest absolute Gasteiger partial charge is 0.295 e. The Labute approximate surface area is 98.8 Å². The second-order valence-corrected chi connectivity index (χ2v) is 3.78. The van der Waals surface area contributed by atoms with E-state index in [0.717, 1.165) is 0 Å². The third-order valence-corrected chi connectivity index (χ3v) is 1.99. The second kappa shape index (κ2) is 5.92. The van der Waals surface area contributed by atoms with Crippen LogP contribution in [0.3, 0.4) is 0 Å². The summed E-state index contributed by atoms with van der Waals surface area (Å²) in [5.74, 6) is -0.664. The van der Waals surface area contributed by atoms with Gasteiger partial charge in [-0.25, -0.2) is 0 Å². The SMILES string of the molecule is CCN(CC(=O)NC(C)C)C(=O)c1nn[nH]n1. The molecule has 0 atom stereocenters. The van der Waals surface area contributed by atoms with Gasteiger partial charge in [0.1, 0.15) is 0 Å². The van der Waals surface area contributed by atoms with Gasteiger partial charge in [-0.05, 0) is 26.0 Å². The van der Waals surface area contributed by atoms with Crippen molar-refractivity contribution in [2.24, 2.45) is 0 Å². The van der Waals surface area contributed by atoms with Crippen LogP contribution in [0.15, 0.2) is 0 Å². The molecule has 17 heavy (non-hydrogen) atoms. The summed E-state index contributed by atoms with van der Waals surface area (Å²) >= 11 is 0. The van der Waals surface area contributed by atoms with Crippen molar-refractivity contribution in [3.05, 3.63) is 5.82 Å². The molecule has 1 aromatic rings. The largest absolute Gasteiger partial charge is 0.352 e. The van der Waals surface area contributed by atoms with Gasteiger partial charge in [0, 0.05) is 12.6 Å². The topological polar surface area (TPSA) is 104 Å². The number of carbonyl (C=O) groups is 2. The van der Waals surface area contributed by atoms with E-state index in [9.17, 15) is 9.59 Å². The Morgan fingerprint density at radius 1 is 1.47 bits per heavy atom. The monoisotopic (exact) mass is 240 g/mol. The molecule has 0 aliphatic carbocycles. The molecular formula is C9H16N6O2. The maximum atomic E-state index is 11.8. The molecule has 2 amide bonds. The highest BCUT2D eigenvalue weighted by atomic mass is 16.2. The molecule has 8 heteroatoms. The molecule has 0 radical (unpaired) electrons. The number of nitrogens with one attached hydrogen (secondary N) is 2. The summed E-state index contributed by atoms with van der Waals surface area (Å²) in [5.41, 5.74) is 0. The molecule has 0 bridgehead atoms. The van der Waals surface area contributed by atoms with Crippen LogP contribution in [0.1, 0.15) is 31.4 Å². The normalized spacial score (nSPS) is 10.4. The van der Waals surface area contributed by atoms with Gasteiger partial charge in [0.25, 0.3) is 11.7 Å². The van der Waals surface area contributed by atoms with E-state index in [1.165, 1.54) is 4.90 Å². The zero-order chi connectivity index (χ0) is 12.8. The van der Waals surface area contributed by atoms with Crippen LogP contribution in [0, 0.1) is 0 Å². The van der Waals surface area contributed by atoms with E-state index >= 15 is 0 Å². The molecule has 0 aliphatic rings. The molecule has 1 rings (SSSR count). The number of amides is 2. The number of nitrogens with zero attached hydrogens (tertiary/aromatic N) is 4. The standard InChI is InChI=1S/C9H16N6O2/c1-4-15(5-7(16)10-6(2)3)9(17)8-11-13-14-12-8/h6H,4-5H2,1-3H3,(H,10,16)(H,11,12,13,14). The van der Waals surface area contributed by atoms with E-state index in [1.54, 1.807) is 6.92 Å². The summed E-state index contributed by atoms with van der Waals surface area (Å²) in [5, 5.41) is 15.4. The van der Waals surface area contributed by atoms with Crippen LogP contribution in [0.2, 0.25) is 0 Å². The van der Waals surface area contributed by atoms with Crippen LogP contribution < -0.4 is 5.32 Å². The first kappa shape index (κ1) is 13.1. The molecule has 1 aromatic heterocycles. The van der Waals surface area contributed by atoms with Crippen molar-refractivity contribution in [1.82, 2.24) is 30.8 Å². The zero-order valence-corrected chi connectivity index (χ0v) is 10.1. The first-order valence-electron chi connectivity index (χ1n) is 5.36. The average molecular weight is 240 g/mol. The molecule has 8 nitrogen and oxygen atoms in total. The third kappa shape index (κ3) is 3.82.